The summed E-state index contributed by atoms with van der Waals surface area (Å²) in [6.07, 6.45) is 2.11. The molecule has 1 fully saturated rings. The zero-order chi connectivity index (χ0) is 13.4. The maximum atomic E-state index is 6.03. The Bertz CT molecular complexity index is 594. The fraction of sp³-hybridized carbons (Fsp3) is 0.417. The Morgan fingerprint density at radius 2 is 2.21 bits per heavy atom. The maximum Gasteiger partial charge on any atom is 0.184 e. The number of tetrazole rings is 1. The Kier molecular flexibility index (Phi) is 3.12. The van der Waals surface area contributed by atoms with Gasteiger partial charge >= 0.3 is 0 Å². The van der Waals surface area contributed by atoms with Crippen LogP contribution >= 0.6 is 11.6 Å². The SMILES string of the molecule is COC1CC(n2nnnc2-c2cccc(Cl)c2N)C1. The van der Waals surface area contributed by atoms with Crippen molar-refractivity contribution in [2.75, 3.05) is 12.8 Å². The van der Waals surface area contributed by atoms with Crippen molar-refractivity contribution >= 4 is 17.3 Å². The van der Waals surface area contributed by atoms with Crippen LogP contribution in [0.15, 0.2) is 18.2 Å². The summed E-state index contributed by atoms with van der Waals surface area (Å²) in [5.74, 6) is 0.652. The zero-order valence-corrected chi connectivity index (χ0v) is 11.2. The Hall–Kier alpha value is -1.66. The first kappa shape index (κ1) is 12.4. The minimum Gasteiger partial charge on any atom is -0.397 e. The maximum absolute atomic E-state index is 6.03. The van der Waals surface area contributed by atoms with Gasteiger partial charge in [0.1, 0.15) is 0 Å². The van der Waals surface area contributed by atoms with Gasteiger partial charge in [-0.3, -0.25) is 0 Å². The van der Waals surface area contributed by atoms with Crippen molar-refractivity contribution in [3.05, 3.63) is 23.2 Å². The van der Waals surface area contributed by atoms with Crippen LogP contribution < -0.4 is 5.73 Å². The molecule has 1 aromatic heterocycles. The van der Waals surface area contributed by atoms with Crippen LogP contribution in [0.5, 0.6) is 0 Å². The van der Waals surface area contributed by atoms with Crippen LogP contribution in [0.4, 0.5) is 5.69 Å². The molecule has 0 aliphatic heterocycles. The fourth-order valence-corrected chi connectivity index (χ4v) is 2.45. The smallest absolute Gasteiger partial charge is 0.184 e. The lowest BCUT2D eigenvalue weighted by Crippen LogP contribution is -2.33. The van der Waals surface area contributed by atoms with Gasteiger partial charge in [-0.25, -0.2) is 4.68 Å². The minimum absolute atomic E-state index is 0.258. The molecular weight excluding hydrogens is 266 g/mol. The summed E-state index contributed by atoms with van der Waals surface area (Å²) in [7, 11) is 1.72. The summed E-state index contributed by atoms with van der Waals surface area (Å²) in [4.78, 5) is 0. The number of nitrogen functional groups attached to an aromatic ring is 1. The lowest BCUT2D eigenvalue weighted by molar-refractivity contribution is 0.00248. The molecule has 6 nitrogen and oxygen atoms in total. The summed E-state index contributed by atoms with van der Waals surface area (Å²) >= 11 is 6.03. The van der Waals surface area contributed by atoms with E-state index in [4.69, 9.17) is 22.1 Å². The van der Waals surface area contributed by atoms with E-state index in [-0.39, 0.29) is 6.04 Å². The van der Waals surface area contributed by atoms with E-state index in [2.05, 4.69) is 15.5 Å². The van der Waals surface area contributed by atoms with Crippen molar-refractivity contribution in [3.63, 3.8) is 0 Å². The number of ether oxygens (including phenoxy) is 1. The van der Waals surface area contributed by atoms with Crippen molar-refractivity contribution in [1.29, 1.82) is 0 Å². The summed E-state index contributed by atoms with van der Waals surface area (Å²) in [5.41, 5.74) is 7.26. The Morgan fingerprint density at radius 3 is 2.95 bits per heavy atom. The van der Waals surface area contributed by atoms with Crippen LogP contribution in [-0.4, -0.2) is 33.4 Å². The first-order valence-corrected chi connectivity index (χ1v) is 6.43. The number of hydrogen-bond donors (Lipinski definition) is 1. The molecule has 3 rings (SSSR count). The topological polar surface area (TPSA) is 78.8 Å². The first-order chi connectivity index (χ1) is 9.20. The molecule has 19 heavy (non-hydrogen) atoms. The third-order valence-electron chi connectivity index (χ3n) is 3.54. The van der Waals surface area contributed by atoms with Gasteiger partial charge in [0, 0.05) is 12.7 Å². The number of benzene rings is 1. The number of nitrogens with zero attached hydrogens (tertiary/aromatic N) is 4. The van der Waals surface area contributed by atoms with E-state index in [1.807, 2.05) is 12.1 Å². The number of para-hydroxylation sites is 1. The van der Waals surface area contributed by atoms with E-state index in [1.54, 1.807) is 17.9 Å². The van der Waals surface area contributed by atoms with Gasteiger partial charge in [-0.1, -0.05) is 17.7 Å². The van der Waals surface area contributed by atoms with Crippen LogP contribution in [-0.2, 0) is 4.74 Å². The molecule has 7 heteroatoms. The summed E-state index contributed by atoms with van der Waals surface area (Å²) < 4.78 is 7.08. The van der Waals surface area contributed by atoms with Crippen LogP contribution in [0.2, 0.25) is 5.02 Å². The van der Waals surface area contributed by atoms with Crippen molar-refractivity contribution in [2.24, 2.45) is 0 Å². The summed E-state index contributed by atoms with van der Waals surface area (Å²) in [6, 6.07) is 5.72. The van der Waals surface area contributed by atoms with Gasteiger partial charge in [-0.15, -0.1) is 5.10 Å². The molecule has 0 bridgehead atoms. The van der Waals surface area contributed by atoms with Gasteiger partial charge in [0.25, 0.3) is 0 Å². The lowest BCUT2D eigenvalue weighted by atomic mass is 9.89. The molecule has 1 aromatic carbocycles. The highest BCUT2D eigenvalue weighted by Crippen LogP contribution is 2.37. The second-order valence-corrected chi connectivity index (χ2v) is 5.04. The highest BCUT2D eigenvalue weighted by atomic mass is 35.5. The van der Waals surface area contributed by atoms with E-state index in [0.29, 0.717) is 22.6 Å². The third kappa shape index (κ3) is 2.06. The van der Waals surface area contributed by atoms with E-state index < -0.39 is 0 Å². The van der Waals surface area contributed by atoms with Crippen molar-refractivity contribution in [1.82, 2.24) is 20.2 Å². The minimum atomic E-state index is 0.258. The highest BCUT2D eigenvalue weighted by Gasteiger charge is 2.33. The lowest BCUT2D eigenvalue weighted by Gasteiger charge is -2.34. The molecule has 1 aliphatic carbocycles. The van der Waals surface area contributed by atoms with Crippen LogP contribution in [0.3, 0.4) is 0 Å². The molecule has 0 saturated heterocycles. The number of aromatic nitrogens is 4. The normalized spacial score (nSPS) is 22.2. The van der Waals surface area contributed by atoms with Crippen molar-refractivity contribution < 1.29 is 4.74 Å². The predicted molar refractivity (Wildman–Crippen MR) is 71.7 cm³/mol. The number of anilines is 1. The number of halogens is 1. The van der Waals surface area contributed by atoms with Gasteiger partial charge in [-0.2, -0.15) is 0 Å². The third-order valence-corrected chi connectivity index (χ3v) is 3.87. The van der Waals surface area contributed by atoms with Crippen LogP contribution in [0, 0.1) is 0 Å². The summed E-state index contributed by atoms with van der Waals surface area (Å²) in [6.45, 7) is 0. The molecule has 0 atom stereocenters. The van der Waals surface area contributed by atoms with Crippen LogP contribution in [0.1, 0.15) is 18.9 Å². The second kappa shape index (κ2) is 4.79. The van der Waals surface area contributed by atoms with Gasteiger partial charge < -0.3 is 10.5 Å². The molecule has 1 heterocycles. The van der Waals surface area contributed by atoms with Gasteiger partial charge in [-0.05, 0) is 35.4 Å². The molecular formula is C12H14ClN5O. The van der Waals surface area contributed by atoms with E-state index >= 15 is 0 Å². The van der Waals surface area contributed by atoms with Crippen LogP contribution in [0.25, 0.3) is 11.4 Å². The van der Waals surface area contributed by atoms with E-state index in [1.165, 1.54) is 0 Å². The monoisotopic (exact) mass is 279 g/mol. The average molecular weight is 280 g/mol. The largest absolute Gasteiger partial charge is 0.397 e. The van der Waals surface area contributed by atoms with E-state index in [9.17, 15) is 0 Å². The molecule has 0 unspecified atom stereocenters. The molecule has 1 saturated carbocycles. The summed E-state index contributed by atoms with van der Waals surface area (Å²) in [5, 5.41) is 12.4. The highest BCUT2D eigenvalue weighted by molar-refractivity contribution is 6.33. The van der Waals surface area contributed by atoms with Crippen molar-refractivity contribution in [3.8, 4) is 11.4 Å². The molecule has 0 spiro atoms. The van der Waals surface area contributed by atoms with Crippen molar-refractivity contribution in [2.45, 2.75) is 25.0 Å². The Labute approximate surface area is 115 Å². The van der Waals surface area contributed by atoms with Gasteiger partial charge in [0.05, 0.1) is 22.9 Å². The fourth-order valence-electron chi connectivity index (χ4n) is 2.28. The second-order valence-electron chi connectivity index (χ2n) is 4.63. The average Bonchev–Trinajstić information content (AvgIpc) is 2.80. The number of rotatable bonds is 3. The van der Waals surface area contributed by atoms with Gasteiger partial charge in [0.2, 0.25) is 0 Å². The predicted octanol–water partition coefficient (Wildman–Crippen LogP) is 1.93. The molecule has 0 amide bonds. The van der Waals surface area contributed by atoms with Gasteiger partial charge in [0.15, 0.2) is 5.82 Å². The quantitative estimate of drug-likeness (QED) is 0.869. The number of methoxy groups -OCH3 is 1. The molecule has 100 valence electrons. The zero-order valence-electron chi connectivity index (χ0n) is 10.5. The number of hydrogen-bond acceptors (Lipinski definition) is 5. The molecule has 0 radical (unpaired) electrons. The first-order valence-electron chi connectivity index (χ1n) is 6.05. The standard InChI is InChI=1S/C12H14ClN5O/c1-19-8-5-7(6-8)18-12(15-16-17-18)9-3-2-4-10(13)11(9)14/h2-4,7-8H,5-6,14H2,1H3. The van der Waals surface area contributed by atoms with E-state index in [0.717, 1.165) is 18.4 Å². The Morgan fingerprint density at radius 1 is 1.42 bits per heavy atom. The number of nitrogens with two attached hydrogens (primary N) is 1. The molecule has 1 aliphatic rings. The Balaban J connectivity index is 1.94. The molecule has 2 aromatic rings. The molecule has 2 N–H and O–H groups in total.